The van der Waals surface area contributed by atoms with E-state index in [2.05, 4.69) is 162 Å². The van der Waals surface area contributed by atoms with E-state index in [9.17, 15) is 0 Å². The standard InChI is InChI=1S/C45H28N2/c1-3-8-30(9-4-1)36-22-17-32-20-25-39-37(23-18-33-19-24-38(36)43(32)44(33)39)31-15-13-29(14-16-31)34-21-26-42-41(28-34)40-12-7-27-46-45(40)47(42)35-10-5-2-6-11-35/h1-28H. The van der Waals surface area contributed by atoms with E-state index in [0.29, 0.717) is 0 Å². The van der Waals surface area contributed by atoms with Gasteiger partial charge in [0.05, 0.1) is 5.52 Å². The molecule has 0 unspecified atom stereocenters. The lowest BCUT2D eigenvalue weighted by Crippen LogP contribution is -1.94. The van der Waals surface area contributed by atoms with Gasteiger partial charge < -0.3 is 0 Å². The number of para-hydroxylation sites is 1. The van der Waals surface area contributed by atoms with Crippen LogP contribution in [0, 0.1) is 0 Å². The molecule has 0 bridgehead atoms. The van der Waals surface area contributed by atoms with Crippen LogP contribution in [0.25, 0.3) is 93.3 Å². The molecule has 0 fully saturated rings. The van der Waals surface area contributed by atoms with Gasteiger partial charge in [-0.15, -0.1) is 0 Å². The van der Waals surface area contributed by atoms with Crippen LogP contribution in [0.1, 0.15) is 0 Å². The second kappa shape index (κ2) is 10.1. The van der Waals surface area contributed by atoms with Crippen molar-refractivity contribution in [3.63, 3.8) is 0 Å². The Hall–Kier alpha value is -6.25. The molecular formula is C45H28N2. The van der Waals surface area contributed by atoms with E-state index in [1.165, 1.54) is 71.1 Å². The highest BCUT2D eigenvalue weighted by molar-refractivity contribution is 6.27. The van der Waals surface area contributed by atoms with E-state index >= 15 is 0 Å². The zero-order chi connectivity index (χ0) is 30.9. The zero-order valence-corrected chi connectivity index (χ0v) is 25.6. The molecule has 2 nitrogen and oxygen atoms in total. The first-order valence-corrected chi connectivity index (χ1v) is 16.1. The third-order valence-electron chi connectivity index (χ3n) is 9.82. The molecule has 0 radical (unpaired) electrons. The fraction of sp³-hybridized carbons (Fsp3) is 0. The lowest BCUT2D eigenvalue weighted by molar-refractivity contribution is 1.14. The lowest BCUT2D eigenvalue weighted by atomic mass is 9.87. The normalized spacial score (nSPS) is 11.8. The van der Waals surface area contributed by atoms with Crippen molar-refractivity contribution in [2.75, 3.05) is 0 Å². The van der Waals surface area contributed by atoms with E-state index in [0.717, 1.165) is 22.2 Å². The zero-order valence-electron chi connectivity index (χ0n) is 25.6. The van der Waals surface area contributed by atoms with Crippen molar-refractivity contribution in [3.05, 3.63) is 170 Å². The van der Waals surface area contributed by atoms with Crippen LogP contribution in [-0.4, -0.2) is 9.55 Å². The van der Waals surface area contributed by atoms with Gasteiger partial charge >= 0.3 is 0 Å². The molecule has 8 aromatic carbocycles. The number of hydrogen-bond acceptors (Lipinski definition) is 1. The summed E-state index contributed by atoms with van der Waals surface area (Å²) >= 11 is 0. The van der Waals surface area contributed by atoms with Gasteiger partial charge in [-0.2, -0.15) is 0 Å². The van der Waals surface area contributed by atoms with Crippen LogP contribution in [0.2, 0.25) is 0 Å². The molecule has 0 atom stereocenters. The molecule has 47 heavy (non-hydrogen) atoms. The van der Waals surface area contributed by atoms with Gasteiger partial charge in [-0.1, -0.05) is 127 Å². The second-order valence-electron chi connectivity index (χ2n) is 12.4. The van der Waals surface area contributed by atoms with E-state index in [1.54, 1.807) is 0 Å². The Balaban J connectivity index is 1.09. The highest BCUT2D eigenvalue weighted by Crippen LogP contribution is 2.42. The van der Waals surface area contributed by atoms with E-state index < -0.39 is 0 Å². The first-order chi connectivity index (χ1) is 23.3. The quantitative estimate of drug-likeness (QED) is 0.185. The van der Waals surface area contributed by atoms with Crippen LogP contribution in [-0.2, 0) is 0 Å². The summed E-state index contributed by atoms with van der Waals surface area (Å²) in [6, 6.07) is 59.5. The number of hydrogen-bond donors (Lipinski definition) is 0. The summed E-state index contributed by atoms with van der Waals surface area (Å²) < 4.78 is 2.26. The molecule has 0 amide bonds. The molecule has 10 aromatic rings. The molecule has 2 heterocycles. The number of fused-ring (bicyclic) bond motifs is 3. The van der Waals surface area contributed by atoms with Gasteiger partial charge in [-0.25, -0.2) is 4.98 Å². The van der Waals surface area contributed by atoms with Crippen LogP contribution in [0.4, 0.5) is 0 Å². The van der Waals surface area contributed by atoms with Gasteiger partial charge in [0.1, 0.15) is 5.65 Å². The molecule has 0 saturated heterocycles. The van der Waals surface area contributed by atoms with Gasteiger partial charge in [0.25, 0.3) is 0 Å². The predicted octanol–water partition coefficient (Wildman–Crippen LogP) is 12.1. The minimum atomic E-state index is 0.978. The van der Waals surface area contributed by atoms with Crippen LogP contribution in [0.15, 0.2) is 170 Å². The van der Waals surface area contributed by atoms with Crippen LogP contribution >= 0.6 is 0 Å². The van der Waals surface area contributed by atoms with E-state index in [-0.39, 0.29) is 0 Å². The maximum Gasteiger partial charge on any atom is 0.145 e. The Kier molecular flexibility index (Phi) is 5.61. The van der Waals surface area contributed by atoms with Crippen molar-refractivity contribution < 1.29 is 0 Å². The molecular weight excluding hydrogens is 569 g/mol. The van der Waals surface area contributed by atoms with Crippen LogP contribution in [0.5, 0.6) is 0 Å². The molecule has 0 saturated carbocycles. The molecule has 0 aliphatic rings. The van der Waals surface area contributed by atoms with Gasteiger partial charge in [-0.3, -0.25) is 4.57 Å². The molecule has 0 spiro atoms. The molecule has 2 heteroatoms. The third kappa shape index (κ3) is 3.95. The Morgan fingerprint density at radius 2 is 0.957 bits per heavy atom. The highest BCUT2D eigenvalue weighted by atomic mass is 15.0. The van der Waals surface area contributed by atoms with Gasteiger partial charge in [0.15, 0.2) is 0 Å². The monoisotopic (exact) mass is 596 g/mol. The topological polar surface area (TPSA) is 17.8 Å². The summed E-state index contributed by atoms with van der Waals surface area (Å²) in [7, 11) is 0. The van der Waals surface area contributed by atoms with Gasteiger partial charge in [0.2, 0.25) is 0 Å². The third-order valence-corrected chi connectivity index (χ3v) is 9.82. The Bertz CT molecular complexity index is 2760. The Labute approximate surface area is 272 Å². The summed E-state index contributed by atoms with van der Waals surface area (Å²) in [4.78, 5) is 4.78. The van der Waals surface area contributed by atoms with Gasteiger partial charge in [-0.05, 0) is 102 Å². The predicted molar refractivity (Wildman–Crippen MR) is 199 cm³/mol. The minimum Gasteiger partial charge on any atom is -0.294 e. The Morgan fingerprint density at radius 3 is 1.64 bits per heavy atom. The summed E-state index contributed by atoms with van der Waals surface area (Å²) in [6.45, 7) is 0. The van der Waals surface area contributed by atoms with Crippen molar-refractivity contribution in [1.29, 1.82) is 0 Å². The van der Waals surface area contributed by atoms with E-state index in [4.69, 9.17) is 4.98 Å². The highest BCUT2D eigenvalue weighted by Gasteiger charge is 2.16. The summed E-state index contributed by atoms with van der Waals surface area (Å²) in [5.41, 5.74) is 10.7. The number of nitrogens with zero attached hydrogens (tertiary/aromatic N) is 2. The molecule has 0 aliphatic carbocycles. The van der Waals surface area contributed by atoms with Crippen LogP contribution in [0.3, 0.4) is 0 Å². The first kappa shape index (κ1) is 26.0. The van der Waals surface area contributed by atoms with Crippen LogP contribution < -0.4 is 0 Å². The van der Waals surface area contributed by atoms with Crippen molar-refractivity contribution in [1.82, 2.24) is 9.55 Å². The first-order valence-electron chi connectivity index (χ1n) is 16.1. The van der Waals surface area contributed by atoms with Crippen molar-refractivity contribution in [2.24, 2.45) is 0 Å². The summed E-state index contributed by atoms with van der Waals surface area (Å²) in [5, 5.41) is 10.2. The number of pyridine rings is 1. The van der Waals surface area contributed by atoms with E-state index in [1.807, 2.05) is 12.3 Å². The summed E-state index contributed by atoms with van der Waals surface area (Å²) in [6.07, 6.45) is 1.88. The SMILES string of the molecule is c1ccc(-c2ccc3ccc4c(-c5ccc(-c6ccc7c(c6)c6cccnc6n7-c6ccccc6)cc5)ccc5ccc2c3c54)cc1. The molecule has 0 aliphatic heterocycles. The average Bonchev–Trinajstić information content (AvgIpc) is 3.48. The molecule has 10 rings (SSSR count). The minimum absolute atomic E-state index is 0.978. The Morgan fingerprint density at radius 1 is 0.383 bits per heavy atom. The van der Waals surface area contributed by atoms with Gasteiger partial charge in [0, 0.05) is 22.7 Å². The number of rotatable bonds is 4. The summed E-state index contributed by atoms with van der Waals surface area (Å²) in [5.74, 6) is 0. The number of aromatic nitrogens is 2. The molecule has 0 N–H and O–H groups in total. The maximum atomic E-state index is 4.78. The molecule has 2 aromatic heterocycles. The smallest absolute Gasteiger partial charge is 0.145 e. The average molecular weight is 597 g/mol. The fourth-order valence-electron chi connectivity index (χ4n) is 7.63. The second-order valence-corrected chi connectivity index (χ2v) is 12.4. The van der Waals surface area contributed by atoms with Crippen molar-refractivity contribution >= 4 is 54.3 Å². The largest absolute Gasteiger partial charge is 0.294 e. The fourth-order valence-corrected chi connectivity index (χ4v) is 7.63. The maximum absolute atomic E-state index is 4.78. The van der Waals surface area contributed by atoms with Crippen molar-refractivity contribution in [3.8, 4) is 39.1 Å². The molecule has 218 valence electrons. The van der Waals surface area contributed by atoms with Crippen molar-refractivity contribution in [2.45, 2.75) is 0 Å². The number of benzene rings is 8. The lowest BCUT2D eigenvalue weighted by Gasteiger charge is -2.16.